The van der Waals surface area contributed by atoms with E-state index in [2.05, 4.69) is 13.8 Å². The average molecular weight is 173 g/mol. The van der Waals surface area contributed by atoms with Gasteiger partial charge in [0, 0.05) is 6.61 Å². The van der Waals surface area contributed by atoms with Crippen molar-refractivity contribution in [3.05, 3.63) is 6.61 Å². The number of hydrogen-bond acceptors (Lipinski definition) is 2. The Morgan fingerprint density at radius 1 is 1.25 bits per heavy atom. The van der Waals surface area contributed by atoms with Crippen molar-refractivity contribution in [2.45, 2.75) is 52.7 Å². The molecule has 0 N–H and O–H groups in total. The van der Waals surface area contributed by atoms with Crippen LogP contribution in [0.25, 0.3) is 0 Å². The van der Waals surface area contributed by atoms with Gasteiger partial charge in [-0.1, -0.05) is 26.7 Å². The molecule has 0 bridgehead atoms. The zero-order chi connectivity index (χ0) is 9.23. The SMILES string of the molecule is C[CH]OC(CCC)OCCCC. The molecular formula is C10H21O2. The molecule has 1 atom stereocenters. The van der Waals surface area contributed by atoms with E-state index in [0.29, 0.717) is 0 Å². The van der Waals surface area contributed by atoms with Crippen LogP contribution in [0.3, 0.4) is 0 Å². The van der Waals surface area contributed by atoms with Crippen LogP contribution in [0.4, 0.5) is 0 Å². The Kier molecular flexibility index (Phi) is 8.95. The Morgan fingerprint density at radius 3 is 2.50 bits per heavy atom. The summed E-state index contributed by atoms with van der Waals surface area (Å²) in [4.78, 5) is 0. The second kappa shape index (κ2) is 9.01. The molecule has 0 saturated heterocycles. The maximum atomic E-state index is 5.51. The molecule has 0 rings (SSSR count). The predicted molar refractivity (Wildman–Crippen MR) is 50.6 cm³/mol. The Labute approximate surface area is 76.3 Å². The first-order valence-corrected chi connectivity index (χ1v) is 4.90. The first kappa shape index (κ1) is 11.9. The molecule has 0 aromatic rings. The first-order valence-electron chi connectivity index (χ1n) is 4.90. The fourth-order valence-electron chi connectivity index (χ4n) is 0.937. The lowest BCUT2D eigenvalue weighted by Gasteiger charge is -2.16. The van der Waals surface area contributed by atoms with Crippen LogP contribution in [0, 0.1) is 6.61 Å². The fraction of sp³-hybridized carbons (Fsp3) is 0.900. The van der Waals surface area contributed by atoms with Gasteiger partial charge in [0.05, 0.1) is 6.61 Å². The molecule has 73 valence electrons. The van der Waals surface area contributed by atoms with Gasteiger partial charge in [-0.15, -0.1) is 0 Å². The summed E-state index contributed by atoms with van der Waals surface area (Å²) in [6, 6.07) is 0. The Balaban J connectivity index is 3.34. The lowest BCUT2D eigenvalue weighted by molar-refractivity contribution is -0.124. The largest absolute Gasteiger partial charge is 0.353 e. The summed E-state index contributed by atoms with van der Waals surface area (Å²) in [5.41, 5.74) is 0. The van der Waals surface area contributed by atoms with Crippen LogP contribution in [0.1, 0.15) is 46.5 Å². The summed E-state index contributed by atoms with van der Waals surface area (Å²) in [5, 5.41) is 0. The van der Waals surface area contributed by atoms with Crippen LogP contribution >= 0.6 is 0 Å². The van der Waals surface area contributed by atoms with E-state index < -0.39 is 0 Å². The molecule has 0 heterocycles. The van der Waals surface area contributed by atoms with Crippen molar-refractivity contribution < 1.29 is 9.47 Å². The zero-order valence-corrected chi connectivity index (χ0v) is 8.51. The zero-order valence-electron chi connectivity index (χ0n) is 8.51. The maximum absolute atomic E-state index is 5.51. The minimum absolute atomic E-state index is 0.0217. The molecule has 2 heteroatoms. The molecule has 0 aliphatic rings. The topological polar surface area (TPSA) is 18.5 Å². The summed E-state index contributed by atoms with van der Waals surface area (Å²) in [7, 11) is 0. The molecule has 0 amide bonds. The number of rotatable bonds is 8. The van der Waals surface area contributed by atoms with Crippen molar-refractivity contribution in [1.82, 2.24) is 0 Å². The Morgan fingerprint density at radius 2 is 2.00 bits per heavy atom. The molecule has 0 aliphatic heterocycles. The van der Waals surface area contributed by atoms with E-state index in [-0.39, 0.29) is 6.29 Å². The second-order valence-electron chi connectivity index (χ2n) is 2.81. The first-order chi connectivity index (χ1) is 5.85. The van der Waals surface area contributed by atoms with Gasteiger partial charge in [0.1, 0.15) is 0 Å². The predicted octanol–water partition coefficient (Wildman–Crippen LogP) is 3.13. The van der Waals surface area contributed by atoms with Crippen molar-refractivity contribution in [1.29, 1.82) is 0 Å². The highest BCUT2D eigenvalue weighted by molar-refractivity contribution is 4.47. The van der Waals surface area contributed by atoms with Crippen molar-refractivity contribution in [3.8, 4) is 0 Å². The van der Waals surface area contributed by atoms with Gasteiger partial charge in [-0.2, -0.15) is 0 Å². The highest BCUT2D eigenvalue weighted by Crippen LogP contribution is 2.06. The van der Waals surface area contributed by atoms with Crippen LogP contribution in [-0.2, 0) is 9.47 Å². The van der Waals surface area contributed by atoms with Crippen LogP contribution in [0.5, 0.6) is 0 Å². The van der Waals surface area contributed by atoms with Crippen molar-refractivity contribution >= 4 is 0 Å². The van der Waals surface area contributed by atoms with Gasteiger partial charge >= 0.3 is 0 Å². The summed E-state index contributed by atoms with van der Waals surface area (Å²) in [6.07, 6.45) is 4.35. The van der Waals surface area contributed by atoms with Gasteiger partial charge in [-0.25, -0.2) is 0 Å². The third kappa shape index (κ3) is 6.62. The smallest absolute Gasteiger partial charge is 0.158 e. The Bertz CT molecular complexity index is 77.9. The molecule has 0 aliphatic carbocycles. The van der Waals surface area contributed by atoms with Gasteiger partial charge in [-0.3, -0.25) is 0 Å². The lowest BCUT2D eigenvalue weighted by atomic mass is 10.3. The van der Waals surface area contributed by atoms with E-state index in [1.807, 2.05) is 6.92 Å². The molecule has 0 fully saturated rings. The molecule has 0 spiro atoms. The maximum Gasteiger partial charge on any atom is 0.158 e. The number of ether oxygens (including phenoxy) is 2. The van der Waals surface area contributed by atoms with Gasteiger partial charge in [-0.05, 0) is 19.8 Å². The molecule has 0 saturated carbocycles. The van der Waals surface area contributed by atoms with Crippen LogP contribution in [-0.4, -0.2) is 12.9 Å². The molecule has 1 radical (unpaired) electrons. The normalized spacial score (nSPS) is 13.2. The van der Waals surface area contributed by atoms with Gasteiger partial charge in [0.15, 0.2) is 6.29 Å². The number of hydrogen-bond donors (Lipinski definition) is 0. The van der Waals surface area contributed by atoms with Crippen LogP contribution < -0.4 is 0 Å². The third-order valence-electron chi connectivity index (χ3n) is 1.61. The summed E-state index contributed by atoms with van der Waals surface area (Å²) in [6.45, 7) is 8.69. The van der Waals surface area contributed by atoms with E-state index in [0.717, 1.165) is 25.9 Å². The van der Waals surface area contributed by atoms with Crippen molar-refractivity contribution in [3.63, 3.8) is 0 Å². The van der Waals surface area contributed by atoms with Crippen molar-refractivity contribution in [2.75, 3.05) is 6.61 Å². The van der Waals surface area contributed by atoms with Crippen molar-refractivity contribution in [2.24, 2.45) is 0 Å². The minimum Gasteiger partial charge on any atom is -0.353 e. The van der Waals surface area contributed by atoms with E-state index >= 15 is 0 Å². The standard InChI is InChI=1S/C10H21O2/c1-4-7-9-12-10(8-5-2)11-6-3/h6,10H,4-5,7-9H2,1-3H3. The van der Waals surface area contributed by atoms with E-state index in [4.69, 9.17) is 9.47 Å². The fourth-order valence-corrected chi connectivity index (χ4v) is 0.937. The third-order valence-corrected chi connectivity index (χ3v) is 1.61. The molecule has 2 nitrogen and oxygen atoms in total. The molecule has 0 aromatic heterocycles. The minimum atomic E-state index is -0.0217. The van der Waals surface area contributed by atoms with Gasteiger partial charge in [0.25, 0.3) is 0 Å². The molecule has 0 aromatic carbocycles. The lowest BCUT2D eigenvalue weighted by Crippen LogP contribution is -2.16. The number of unbranched alkanes of at least 4 members (excludes halogenated alkanes) is 1. The van der Waals surface area contributed by atoms with E-state index in [9.17, 15) is 0 Å². The average Bonchev–Trinajstić information content (AvgIpc) is 2.06. The summed E-state index contributed by atoms with van der Waals surface area (Å²) < 4.78 is 10.8. The van der Waals surface area contributed by atoms with Gasteiger partial charge < -0.3 is 9.47 Å². The van der Waals surface area contributed by atoms with Crippen LogP contribution in [0.15, 0.2) is 0 Å². The van der Waals surface area contributed by atoms with Crippen LogP contribution in [0.2, 0.25) is 0 Å². The Hall–Kier alpha value is -0.0800. The van der Waals surface area contributed by atoms with E-state index in [1.165, 1.54) is 6.42 Å². The molecule has 1 unspecified atom stereocenters. The highest BCUT2D eigenvalue weighted by atomic mass is 16.7. The van der Waals surface area contributed by atoms with E-state index in [1.54, 1.807) is 6.61 Å². The quantitative estimate of drug-likeness (QED) is 0.415. The van der Waals surface area contributed by atoms with Gasteiger partial charge in [0.2, 0.25) is 0 Å². The second-order valence-corrected chi connectivity index (χ2v) is 2.81. The summed E-state index contributed by atoms with van der Waals surface area (Å²) in [5.74, 6) is 0. The molecular weight excluding hydrogens is 152 g/mol. The molecule has 12 heavy (non-hydrogen) atoms. The monoisotopic (exact) mass is 173 g/mol. The summed E-state index contributed by atoms with van der Waals surface area (Å²) >= 11 is 0. The highest BCUT2D eigenvalue weighted by Gasteiger charge is 2.05.